The first-order valence-electron chi connectivity index (χ1n) is 5.76. The zero-order valence-corrected chi connectivity index (χ0v) is 11.1. The summed E-state index contributed by atoms with van der Waals surface area (Å²) in [6.07, 6.45) is 0.998. The van der Waals surface area contributed by atoms with E-state index in [9.17, 15) is 9.59 Å². The minimum atomic E-state index is -0.900. The second-order valence-corrected chi connectivity index (χ2v) is 4.82. The van der Waals surface area contributed by atoms with Gasteiger partial charge in [-0.1, -0.05) is 31.2 Å². The Morgan fingerprint density at radius 1 is 1.17 bits per heavy atom. The molecule has 0 saturated heterocycles. The molecule has 0 bridgehead atoms. The molecule has 0 aromatic heterocycles. The van der Waals surface area contributed by atoms with Crippen LogP contribution < -0.4 is 5.32 Å². The molecule has 0 aliphatic heterocycles. The number of hydrogen-bond acceptors (Lipinski definition) is 3. The maximum absolute atomic E-state index is 11.4. The molecule has 98 valence electrons. The topological polar surface area (TPSA) is 66.4 Å². The van der Waals surface area contributed by atoms with Crippen LogP contribution in [-0.2, 0) is 22.6 Å². The van der Waals surface area contributed by atoms with E-state index in [2.05, 4.69) is 12.2 Å². The fourth-order valence-corrected chi connectivity index (χ4v) is 1.94. The van der Waals surface area contributed by atoms with Crippen LogP contribution in [0.1, 0.15) is 18.1 Å². The van der Waals surface area contributed by atoms with Gasteiger partial charge in [0.15, 0.2) is 0 Å². The summed E-state index contributed by atoms with van der Waals surface area (Å²) in [4.78, 5) is 21.7. The lowest BCUT2D eigenvalue weighted by Crippen LogP contribution is -2.25. The van der Waals surface area contributed by atoms with Gasteiger partial charge in [-0.2, -0.15) is 0 Å². The molecule has 2 N–H and O–H groups in total. The number of nitrogens with one attached hydrogen (secondary N) is 1. The number of carbonyl (C=O) groups excluding carboxylic acids is 1. The number of aliphatic carboxylic acids is 1. The van der Waals surface area contributed by atoms with Crippen molar-refractivity contribution in [2.45, 2.75) is 19.9 Å². The van der Waals surface area contributed by atoms with Crippen LogP contribution in [0, 0.1) is 0 Å². The highest BCUT2D eigenvalue weighted by Crippen LogP contribution is 2.05. The van der Waals surface area contributed by atoms with Crippen molar-refractivity contribution in [3.8, 4) is 0 Å². The number of carbonyl (C=O) groups is 2. The number of hydrogen-bond donors (Lipinski definition) is 2. The molecule has 0 heterocycles. The molecule has 1 amide bonds. The molecule has 1 aromatic rings. The summed E-state index contributed by atoms with van der Waals surface area (Å²) in [7, 11) is 0. The molecular weight excluding hydrogens is 250 g/mol. The van der Waals surface area contributed by atoms with E-state index in [-0.39, 0.29) is 17.4 Å². The summed E-state index contributed by atoms with van der Waals surface area (Å²) in [6.45, 7) is 2.58. The van der Waals surface area contributed by atoms with E-state index in [1.807, 2.05) is 24.3 Å². The summed E-state index contributed by atoms with van der Waals surface area (Å²) in [6, 6.07) is 8.06. The molecule has 0 radical (unpaired) electrons. The SMILES string of the molecule is CCc1ccc(CNC(=O)CSCC(=O)O)cc1. The monoisotopic (exact) mass is 267 g/mol. The standard InChI is InChI=1S/C13H17NO3S/c1-2-10-3-5-11(6-4-10)7-14-12(15)8-18-9-13(16)17/h3-6H,2,7-9H2,1H3,(H,14,15)(H,16,17). The third-order valence-corrected chi connectivity index (χ3v) is 3.30. The molecular formula is C13H17NO3S. The van der Waals surface area contributed by atoms with Crippen molar-refractivity contribution in [2.75, 3.05) is 11.5 Å². The number of thioether (sulfide) groups is 1. The molecule has 0 saturated carbocycles. The molecule has 1 aromatic carbocycles. The summed E-state index contributed by atoms with van der Waals surface area (Å²) in [5, 5.41) is 11.2. The Morgan fingerprint density at radius 2 is 1.78 bits per heavy atom. The summed E-state index contributed by atoms with van der Waals surface area (Å²) < 4.78 is 0. The smallest absolute Gasteiger partial charge is 0.313 e. The van der Waals surface area contributed by atoms with Crippen molar-refractivity contribution in [3.63, 3.8) is 0 Å². The Bertz CT molecular complexity index is 403. The maximum Gasteiger partial charge on any atom is 0.313 e. The van der Waals surface area contributed by atoms with Crippen molar-refractivity contribution in [3.05, 3.63) is 35.4 Å². The van der Waals surface area contributed by atoms with E-state index >= 15 is 0 Å². The minimum absolute atomic E-state index is 0.0430. The summed E-state index contributed by atoms with van der Waals surface area (Å²) >= 11 is 1.10. The summed E-state index contributed by atoms with van der Waals surface area (Å²) in [5.74, 6) is -0.901. The number of aryl methyl sites for hydroxylation is 1. The normalized spacial score (nSPS) is 10.1. The predicted octanol–water partition coefficient (Wildman–Crippen LogP) is 1.68. The first kappa shape index (κ1) is 14.6. The number of amides is 1. The van der Waals surface area contributed by atoms with Gasteiger partial charge in [0, 0.05) is 6.54 Å². The Hall–Kier alpha value is -1.49. The second-order valence-electron chi connectivity index (χ2n) is 3.83. The summed E-state index contributed by atoms with van der Waals surface area (Å²) in [5.41, 5.74) is 2.31. The third-order valence-electron chi connectivity index (χ3n) is 2.38. The molecule has 0 aliphatic rings. The van der Waals surface area contributed by atoms with Crippen LogP contribution in [0.25, 0.3) is 0 Å². The second kappa shape index (κ2) is 7.76. The van der Waals surface area contributed by atoms with Gasteiger partial charge in [-0.25, -0.2) is 0 Å². The largest absolute Gasteiger partial charge is 0.481 e. The number of carboxylic acid groups (broad SMARTS) is 1. The van der Waals surface area contributed by atoms with Gasteiger partial charge >= 0.3 is 5.97 Å². The fourth-order valence-electron chi connectivity index (χ4n) is 1.38. The average Bonchev–Trinajstić information content (AvgIpc) is 2.36. The highest BCUT2D eigenvalue weighted by Gasteiger charge is 2.03. The maximum atomic E-state index is 11.4. The molecule has 0 spiro atoms. The Labute approximate surface area is 111 Å². The quantitative estimate of drug-likeness (QED) is 0.789. The van der Waals surface area contributed by atoms with Crippen LogP contribution in [0.5, 0.6) is 0 Å². The Morgan fingerprint density at radius 3 is 2.33 bits per heavy atom. The number of carboxylic acids is 1. The average molecular weight is 267 g/mol. The van der Waals surface area contributed by atoms with Crippen molar-refractivity contribution < 1.29 is 14.7 Å². The van der Waals surface area contributed by atoms with E-state index < -0.39 is 5.97 Å². The lowest BCUT2D eigenvalue weighted by Gasteiger charge is -2.05. The van der Waals surface area contributed by atoms with E-state index in [4.69, 9.17) is 5.11 Å². The number of rotatable bonds is 7. The molecule has 4 nitrogen and oxygen atoms in total. The van der Waals surface area contributed by atoms with Gasteiger partial charge in [-0.15, -0.1) is 11.8 Å². The van der Waals surface area contributed by atoms with Gasteiger partial charge in [0.05, 0.1) is 11.5 Å². The Balaban J connectivity index is 2.26. The molecule has 0 atom stereocenters. The molecule has 0 unspecified atom stereocenters. The predicted molar refractivity (Wildman–Crippen MR) is 72.6 cm³/mol. The molecule has 18 heavy (non-hydrogen) atoms. The highest BCUT2D eigenvalue weighted by atomic mass is 32.2. The van der Waals surface area contributed by atoms with Crippen LogP contribution in [0.15, 0.2) is 24.3 Å². The first-order valence-corrected chi connectivity index (χ1v) is 6.91. The Kier molecular flexibility index (Phi) is 6.28. The lowest BCUT2D eigenvalue weighted by molar-refractivity contribution is -0.133. The van der Waals surface area contributed by atoms with Gasteiger partial charge in [-0.3, -0.25) is 9.59 Å². The van der Waals surface area contributed by atoms with Crippen LogP contribution in [-0.4, -0.2) is 28.5 Å². The van der Waals surface area contributed by atoms with Crippen LogP contribution >= 0.6 is 11.8 Å². The van der Waals surface area contributed by atoms with Gasteiger partial charge in [0.2, 0.25) is 5.91 Å². The van der Waals surface area contributed by atoms with E-state index in [0.717, 1.165) is 23.7 Å². The van der Waals surface area contributed by atoms with Crippen LogP contribution in [0.2, 0.25) is 0 Å². The van der Waals surface area contributed by atoms with Crippen molar-refractivity contribution in [1.82, 2.24) is 5.32 Å². The van der Waals surface area contributed by atoms with Gasteiger partial charge in [-0.05, 0) is 17.5 Å². The first-order chi connectivity index (χ1) is 8.61. The van der Waals surface area contributed by atoms with Crippen LogP contribution in [0.4, 0.5) is 0 Å². The molecule has 1 rings (SSSR count). The van der Waals surface area contributed by atoms with Gasteiger partial charge in [0.25, 0.3) is 0 Å². The highest BCUT2D eigenvalue weighted by molar-refractivity contribution is 8.00. The zero-order chi connectivity index (χ0) is 13.4. The van der Waals surface area contributed by atoms with Gasteiger partial charge < -0.3 is 10.4 Å². The van der Waals surface area contributed by atoms with Crippen LogP contribution in [0.3, 0.4) is 0 Å². The fraction of sp³-hybridized carbons (Fsp3) is 0.385. The molecule has 5 heteroatoms. The zero-order valence-electron chi connectivity index (χ0n) is 10.3. The third kappa shape index (κ3) is 5.72. The van der Waals surface area contributed by atoms with E-state index in [1.165, 1.54) is 5.56 Å². The molecule has 0 aliphatic carbocycles. The van der Waals surface area contributed by atoms with E-state index in [1.54, 1.807) is 0 Å². The molecule has 0 fully saturated rings. The van der Waals surface area contributed by atoms with E-state index in [0.29, 0.717) is 6.54 Å². The lowest BCUT2D eigenvalue weighted by atomic mass is 10.1. The van der Waals surface area contributed by atoms with Crippen molar-refractivity contribution in [1.29, 1.82) is 0 Å². The van der Waals surface area contributed by atoms with Crippen molar-refractivity contribution >= 4 is 23.6 Å². The number of benzene rings is 1. The van der Waals surface area contributed by atoms with Crippen molar-refractivity contribution in [2.24, 2.45) is 0 Å². The van der Waals surface area contributed by atoms with Gasteiger partial charge in [0.1, 0.15) is 0 Å². The minimum Gasteiger partial charge on any atom is -0.481 e.